The molecule has 0 amide bonds. The molecule has 1 atom stereocenters. The van der Waals surface area contributed by atoms with Gasteiger partial charge in [-0.25, -0.2) is 9.90 Å². The van der Waals surface area contributed by atoms with Gasteiger partial charge in [0.1, 0.15) is 0 Å². The van der Waals surface area contributed by atoms with Gasteiger partial charge in [0.2, 0.25) is 0 Å². The van der Waals surface area contributed by atoms with Crippen molar-refractivity contribution >= 4 is 17.3 Å². The maximum atomic E-state index is 12.1. The zero-order valence-electron chi connectivity index (χ0n) is 14.8. The van der Waals surface area contributed by atoms with E-state index in [1.807, 2.05) is 30.3 Å². The molecule has 27 heavy (non-hydrogen) atoms. The van der Waals surface area contributed by atoms with Gasteiger partial charge in [0.15, 0.2) is 6.29 Å². The SMILES string of the molecule is COC(Cc1ccccn1)ON(Cc1ccc[nH]c1=O)c1cccc(Cl)c1. The first-order valence-electron chi connectivity index (χ1n) is 8.45. The van der Waals surface area contributed by atoms with Crippen LogP contribution in [0.2, 0.25) is 5.02 Å². The van der Waals surface area contributed by atoms with Crippen LogP contribution in [0.3, 0.4) is 0 Å². The van der Waals surface area contributed by atoms with Gasteiger partial charge >= 0.3 is 0 Å². The van der Waals surface area contributed by atoms with Crippen LogP contribution < -0.4 is 10.6 Å². The van der Waals surface area contributed by atoms with Gasteiger partial charge < -0.3 is 9.72 Å². The van der Waals surface area contributed by atoms with Crippen molar-refractivity contribution in [2.75, 3.05) is 12.2 Å². The van der Waals surface area contributed by atoms with Crippen molar-refractivity contribution in [3.05, 3.63) is 93.6 Å². The summed E-state index contributed by atoms with van der Waals surface area (Å²) in [6.45, 7) is 0.235. The Hall–Kier alpha value is -2.67. The highest BCUT2D eigenvalue weighted by Gasteiger charge is 2.18. The van der Waals surface area contributed by atoms with Crippen LogP contribution in [-0.4, -0.2) is 23.4 Å². The lowest BCUT2D eigenvalue weighted by molar-refractivity contribution is -0.134. The van der Waals surface area contributed by atoms with E-state index in [9.17, 15) is 4.79 Å². The lowest BCUT2D eigenvalue weighted by Gasteiger charge is -2.28. The quantitative estimate of drug-likeness (QED) is 0.474. The Morgan fingerprint density at radius 1 is 1.19 bits per heavy atom. The Labute approximate surface area is 162 Å². The molecule has 6 nitrogen and oxygen atoms in total. The summed E-state index contributed by atoms with van der Waals surface area (Å²) in [4.78, 5) is 25.1. The number of benzene rings is 1. The minimum atomic E-state index is -0.582. The molecular weight excluding hydrogens is 366 g/mol. The number of anilines is 1. The molecule has 0 radical (unpaired) electrons. The predicted molar refractivity (Wildman–Crippen MR) is 105 cm³/mol. The number of hydrogen-bond acceptors (Lipinski definition) is 5. The third-order valence-electron chi connectivity index (χ3n) is 3.92. The Balaban J connectivity index is 1.84. The molecule has 0 saturated heterocycles. The third kappa shape index (κ3) is 5.40. The molecule has 0 aliphatic heterocycles. The molecule has 2 heterocycles. The predicted octanol–water partition coefficient (Wildman–Crippen LogP) is 3.58. The molecular formula is C20H20ClN3O3. The molecule has 0 aliphatic carbocycles. The van der Waals surface area contributed by atoms with Crippen molar-refractivity contribution < 1.29 is 9.57 Å². The number of nitrogens with one attached hydrogen (secondary N) is 1. The van der Waals surface area contributed by atoms with Crippen molar-refractivity contribution in [1.29, 1.82) is 0 Å². The first-order chi connectivity index (χ1) is 13.2. The van der Waals surface area contributed by atoms with E-state index < -0.39 is 6.29 Å². The summed E-state index contributed by atoms with van der Waals surface area (Å²) in [5.41, 5.74) is 1.94. The van der Waals surface area contributed by atoms with Crippen LogP contribution in [-0.2, 0) is 22.5 Å². The minimum Gasteiger partial charge on any atom is -0.353 e. The van der Waals surface area contributed by atoms with Gasteiger partial charge in [-0.2, -0.15) is 0 Å². The number of pyridine rings is 2. The van der Waals surface area contributed by atoms with Crippen molar-refractivity contribution in [2.24, 2.45) is 0 Å². The van der Waals surface area contributed by atoms with Gasteiger partial charge in [-0.1, -0.05) is 29.8 Å². The number of aromatic amines is 1. The summed E-state index contributed by atoms with van der Waals surface area (Å²) in [5.74, 6) is 0. The van der Waals surface area contributed by atoms with Crippen molar-refractivity contribution in [3.8, 4) is 0 Å². The van der Waals surface area contributed by atoms with Gasteiger partial charge in [0.05, 0.1) is 12.2 Å². The van der Waals surface area contributed by atoms with Crippen LogP contribution in [0.5, 0.6) is 0 Å². The van der Waals surface area contributed by atoms with E-state index in [2.05, 4.69) is 9.97 Å². The van der Waals surface area contributed by atoms with E-state index in [1.165, 1.54) is 0 Å². The molecule has 0 spiro atoms. The van der Waals surface area contributed by atoms with Gasteiger partial charge in [0.25, 0.3) is 5.56 Å². The largest absolute Gasteiger partial charge is 0.353 e. The van der Waals surface area contributed by atoms with Crippen LogP contribution in [0, 0.1) is 0 Å². The lowest BCUT2D eigenvalue weighted by atomic mass is 10.2. The molecule has 0 fully saturated rings. The minimum absolute atomic E-state index is 0.174. The molecule has 3 aromatic rings. The Morgan fingerprint density at radius 2 is 2.07 bits per heavy atom. The van der Waals surface area contributed by atoms with Crippen LogP contribution in [0.25, 0.3) is 0 Å². The van der Waals surface area contributed by atoms with Crippen molar-refractivity contribution in [3.63, 3.8) is 0 Å². The average Bonchev–Trinajstić information content (AvgIpc) is 2.69. The van der Waals surface area contributed by atoms with Gasteiger partial charge in [-0.15, -0.1) is 0 Å². The summed E-state index contributed by atoms with van der Waals surface area (Å²) in [6.07, 6.45) is 3.19. The fraction of sp³-hybridized carbons (Fsp3) is 0.200. The number of methoxy groups -OCH3 is 1. The Bertz CT molecular complexity index is 917. The van der Waals surface area contributed by atoms with Gasteiger partial charge in [-0.05, 0) is 36.4 Å². The number of hydrogen-bond donors (Lipinski definition) is 1. The smallest absolute Gasteiger partial charge is 0.253 e. The highest BCUT2D eigenvalue weighted by atomic mass is 35.5. The number of H-pyrrole nitrogens is 1. The number of hydroxylamine groups is 1. The fourth-order valence-corrected chi connectivity index (χ4v) is 2.74. The van der Waals surface area contributed by atoms with E-state index in [1.54, 1.807) is 48.8 Å². The van der Waals surface area contributed by atoms with Crippen LogP contribution in [0.1, 0.15) is 11.3 Å². The van der Waals surface area contributed by atoms with Crippen LogP contribution in [0.15, 0.2) is 71.8 Å². The molecule has 0 saturated carbocycles. The number of ether oxygens (including phenoxy) is 1. The topological polar surface area (TPSA) is 67.5 Å². The van der Waals surface area contributed by atoms with E-state index in [0.717, 1.165) is 5.69 Å². The van der Waals surface area contributed by atoms with E-state index in [-0.39, 0.29) is 12.1 Å². The lowest BCUT2D eigenvalue weighted by Crippen LogP contribution is -2.33. The van der Waals surface area contributed by atoms with Crippen molar-refractivity contribution in [1.82, 2.24) is 9.97 Å². The van der Waals surface area contributed by atoms with Crippen LogP contribution >= 0.6 is 11.6 Å². The molecule has 0 aliphatic rings. The second kappa shape index (κ2) is 9.32. The summed E-state index contributed by atoms with van der Waals surface area (Å²) in [6, 6.07) is 16.4. The molecule has 1 aromatic carbocycles. The highest BCUT2D eigenvalue weighted by molar-refractivity contribution is 6.30. The summed E-state index contributed by atoms with van der Waals surface area (Å²) < 4.78 is 5.48. The Morgan fingerprint density at radius 3 is 2.78 bits per heavy atom. The maximum Gasteiger partial charge on any atom is 0.253 e. The molecule has 1 N–H and O–H groups in total. The summed E-state index contributed by atoms with van der Waals surface area (Å²) in [7, 11) is 1.57. The van der Waals surface area contributed by atoms with Crippen LogP contribution in [0.4, 0.5) is 5.69 Å². The molecule has 2 aromatic heterocycles. The second-order valence-corrected chi connectivity index (χ2v) is 6.27. The highest BCUT2D eigenvalue weighted by Crippen LogP contribution is 2.23. The van der Waals surface area contributed by atoms with E-state index in [4.69, 9.17) is 21.2 Å². The standard InChI is InChI=1S/C20H20ClN3O3/c1-26-19(13-17-8-2-3-10-22-17)27-24(18-9-4-7-16(21)12-18)14-15-6-5-11-23-20(15)25/h2-12,19H,13-14H2,1H3,(H,23,25). The summed E-state index contributed by atoms with van der Waals surface area (Å²) in [5, 5.41) is 2.18. The van der Waals surface area contributed by atoms with Gasteiger partial charge in [-0.3, -0.25) is 9.78 Å². The first kappa shape index (κ1) is 19.1. The van der Waals surface area contributed by atoms with E-state index in [0.29, 0.717) is 22.7 Å². The molecule has 0 bridgehead atoms. The number of halogens is 1. The number of nitrogens with zero attached hydrogens (tertiary/aromatic N) is 2. The first-order valence-corrected chi connectivity index (χ1v) is 8.82. The molecule has 140 valence electrons. The summed E-state index contributed by atoms with van der Waals surface area (Å²) >= 11 is 6.13. The normalized spacial score (nSPS) is 11.9. The molecule has 1 unspecified atom stereocenters. The monoisotopic (exact) mass is 385 g/mol. The second-order valence-electron chi connectivity index (χ2n) is 5.84. The third-order valence-corrected chi connectivity index (χ3v) is 4.15. The average molecular weight is 386 g/mol. The maximum absolute atomic E-state index is 12.1. The number of rotatable bonds is 8. The Kier molecular flexibility index (Phi) is 6.59. The van der Waals surface area contributed by atoms with Gasteiger partial charge in [0, 0.05) is 42.2 Å². The zero-order chi connectivity index (χ0) is 19.1. The number of aromatic nitrogens is 2. The fourth-order valence-electron chi connectivity index (χ4n) is 2.55. The van der Waals surface area contributed by atoms with E-state index >= 15 is 0 Å². The van der Waals surface area contributed by atoms with Crippen molar-refractivity contribution in [2.45, 2.75) is 19.3 Å². The molecule has 3 rings (SSSR count). The zero-order valence-corrected chi connectivity index (χ0v) is 15.6. The molecule has 7 heteroatoms.